The predicted molar refractivity (Wildman–Crippen MR) is 138 cm³/mol. The molecular weight excluding hydrogens is 490 g/mol. The largest absolute Gasteiger partial charge is 0.457 e. The molecule has 1 heterocycles. The van der Waals surface area contributed by atoms with Crippen molar-refractivity contribution in [3.8, 4) is 11.5 Å². The molecule has 6 nitrogen and oxygen atoms in total. The van der Waals surface area contributed by atoms with Gasteiger partial charge in [0.2, 0.25) is 11.8 Å². The van der Waals surface area contributed by atoms with E-state index in [1.165, 1.54) is 23.1 Å². The fourth-order valence-electron chi connectivity index (χ4n) is 2.89. The van der Waals surface area contributed by atoms with Gasteiger partial charge < -0.3 is 15.4 Å². The molecule has 4 aromatic rings. The maximum Gasteiger partial charge on any atom is 0.234 e. The number of amides is 2. The molecular formula is C25H20ClN3O3S2. The smallest absolute Gasteiger partial charge is 0.234 e. The van der Waals surface area contributed by atoms with E-state index < -0.39 is 0 Å². The average Bonchev–Trinajstić information content (AvgIpc) is 3.28. The Bertz CT molecular complexity index is 1250. The van der Waals surface area contributed by atoms with Crippen molar-refractivity contribution in [2.75, 3.05) is 16.4 Å². The summed E-state index contributed by atoms with van der Waals surface area (Å²) in [4.78, 5) is 29.0. The molecule has 0 bridgehead atoms. The van der Waals surface area contributed by atoms with E-state index in [2.05, 4.69) is 15.6 Å². The topological polar surface area (TPSA) is 80.3 Å². The molecule has 1 aromatic heterocycles. The lowest BCUT2D eigenvalue weighted by atomic mass is 10.2. The Kier molecular flexibility index (Phi) is 8.19. The van der Waals surface area contributed by atoms with Crippen molar-refractivity contribution in [3.05, 3.63) is 95.0 Å². The number of carbonyl (C=O) groups is 2. The number of nitrogens with one attached hydrogen (secondary N) is 2. The molecule has 172 valence electrons. The number of nitrogens with zero attached hydrogens (tertiary/aromatic N) is 1. The van der Waals surface area contributed by atoms with Crippen molar-refractivity contribution < 1.29 is 14.3 Å². The second-order valence-corrected chi connectivity index (χ2v) is 9.63. The summed E-state index contributed by atoms with van der Waals surface area (Å²) >= 11 is 8.59. The van der Waals surface area contributed by atoms with Crippen LogP contribution in [0.25, 0.3) is 0 Å². The van der Waals surface area contributed by atoms with E-state index in [1.807, 2.05) is 35.7 Å². The Labute approximate surface area is 210 Å². The van der Waals surface area contributed by atoms with E-state index in [4.69, 9.17) is 16.3 Å². The minimum atomic E-state index is -0.168. The average molecular weight is 510 g/mol. The van der Waals surface area contributed by atoms with Crippen LogP contribution in [0.5, 0.6) is 11.5 Å². The van der Waals surface area contributed by atoms with Crippen LogP contribution in [0.2, 0.25) is 5.02 Å². The Morgan fingerprint density at radius 2 is 1.47 bits per heavy atom. The van der Waals surface area contributed by atoms with Crippen molar-refractivity contribution in [1.82, 2.24) is 4.98 Å². The molecule has 3 aromatic carbocycles. The molecule has 9 heteroatoms. The fourth-order valence-corrected chi connectivity index (χ4v) is 4.66. The maximum absolute atomic E-state index is 12.4. The first kappa shape index (κ1) is 23.8. The summed E-state index contributed by atoms with van der Waals surface area (Å²) in [6.07, 6.45) is 0.149. The number of thioether (sulfide) groups is 1. The number of halogens is 1. The Morgan fingerprint density at radius 3 is 2.18 bits per heavy atom. The van der Waals surface area contributed by atoms with Crippen molar-refractivity contribution in [2.24, 2.45) is 0 Å². The third kappa shape index (κ3) is 7.34. The number of rotatable bonds is 9. The molecule has 0 saturated heterocycles. The second-order valence-electron chi connectivity index (χ2n) is 7.11. The van der Waals surface area contributed by atoms with Crippen LogP contribution in [-0.2, 0) is 16.0 Å². The number of hydrogen-bond acceptors (Lipinski definition) is 6. The van der Waals surface area contributed by atoms with Crippen molar-refractivity contribution >= 4 is 57.9 Å². The van der Waals surface area contributed by atoms with Crippen molar-refractivity contribution in [3.63, 3.8) is 0 Å². The molecule has 0 atom stereocenters. The zero-order valence-electron chi connectivity index (χ0n) is 17.9. The monoisotopic (exact) mass is 509 g/mol. The number of thiazole rings is 1. The van der Waals surface area contributed by atoms with Gasteiger partial charge in [0, 0.05) is 21.8 Å². The second kappa shape index (κ2) is 11.7. The van der Waals surface area contributed by atoms with Crippen LogP contribution in [0.4, 0.5) is 11.4 Å². The zero-order chi connectivity index (χ0) is 23.8. The molecule has 2 N–H and O–H groups in total. The van der Waals surface area contributed by atoms with Crippen LogP contribution in [-0.4, -0.2) is 22.6 Å². The number of aromatic nitrogens is 1. The molecule has 0 aliphatic heterocycles. The highest BCUT2D eigenvalue weighted by atomic mass is 35.5. The van der Waals surface area contributed by atoms with Gasteiger partial charge in [0.15, 0.2) is 4.34 Å². The van der Waals surface area contributed by atoms with E-state index >= 15 is 0 Å². The number of carbonyl (C=O) groups excluding carboxylic acids is 2. The van der Waals surface area contributed by atoms with Gasteiger partial charge in [-0.05, 0) is 60.7 Å². The molecule has 4 rings (SSSR count). The first-order chi connectivity index (χ1) is 16.5. The van der Waals surface area contributed by atoms with Crippen molar-refractivity contribution in [2.45, 2.75) is 10.8 Å². The fraction of sp³-hybridized carbons (Fsp3) is 0.0800. The molecule has 2 amide bonds. The number of benzene rings is 3. The maximum atomic E-state index is 12.4. The van der Waals surface area contributed by atoms with Gasteiger partial charge in [-0.25, -0.2) is 4.98 Å². The minimum Gasteiger partial charge on any atom is -0.457 e. The van der Waals surface area contributed by atoms with Crippen LogP contribution in [0.1, 0.15) is 5.69 Å². The summed E-state index contributed by atoms with van der Waals surface area (Å²) in [5, 5.41) is 8.11. The van der Waals surface area contributed by atoms with Gasteiger partial charge in [-0.1, -0.05) is 41.6 Å². The summed E-state index contributed by atoms with van der Waals surface area (Å²) in [5.74, 6) is 1.35. The first-order valence-corrected chi connectivity index (χ1v) is 12.5. The van der Waals surface area contributed by atoms with Crippen LogP contribution in [0.3, 0.4) is 0 Å². The van der Waals surface area contributed by atoms with Crippen LogP contribution in [0, 0.1) is 0 Å². The Hall–Kier alpha value is -3.33. The van der Waals surface area contributed by atoms with Gasteiger partial charge >= 0.3 is 0 Å². The highest BCUT2D eigenvalue weighted by molar-refractivity contribution is 8.01. The lowest BCUT2D eigenvalue weighted by Gasteiger charge is -2.07. The number of para-hydroxylation sites is 1. The molecule has 0 radical (unpaired) electrons. The lowest BCUT2D eigenvalue weighted by molar-refractivity contribution is -0.116. The highest BCUT2D eigenvalue weighted by Gasteiger charge is 2.11. The molecule has 0 aliphatic carbocycles. The van der Waals surface area contributed by atoms with E-state index in [1.54, 1.807) is 48.5 Å². The van der Waals surface area contributed by atoms with E-state index in [-0.39, 0.29) is 24.0 Å². The minimum absolute atomic E-state index is 0.137. The van der Waals surface area contributed by atoms with Crippen molar-refractivity contribution in [1.29, 1.82) is 0 Å². The highest BCUT2D eigenvalue weighted by Crippen LogP contribution is 2.25. The number of hydrogen-bond donors (Lipinski definition) is 2. The predicted octanol–water partition coefficient (Wildman–Crippen LogP) is 6.50. The van der Waals surface area contributed by atoms with Gasteiger partial charge in [0.1, 0.15) is 11.5 Å². The Morgan fingerprint density at radius 1 is 0.853 bits per heavy atom. The van der Waals surface area contributed by atoms with Gasteiger partial charge in [0.05, 0.1) is 17.9 Å². The molecule has 34 heavy (non-hydrogen) atoms. The van der Waals surface area contributed by atoms with Crippen LogP contribution >= 0.6 is 34.7 Å². The molecule has 0 spiro atoms. The lowest BCUT2D eigenvalue weighted by Crippen LogP contribution is -2.14. The summed E-state index contributed by atoms with van der Waals surface area (Å²) in [5.41, 5.74) is 2.02. The standard InChI is InChI=1S/C25H20ClN3O3S2/c26-17-6-8-18(9-7-17)28-24(31)16-34-25-29-20(15-33-25)14-23(30)27-19-10-12-22(13-11-19)32-21-4-2-1-3-5-21/h1-13,15H,14,16H2,(H,27,30)(H,28,31). The SMILES string of the molecule is O=C(CSc1nc(CC(=O)Nc2ccc(Oc3ccccc3)cc2)cs1)Nc1ccc(Cl)cc1. The number of ether oxygens (including phenoxy) is 1. The van der Waals surface area contributed by atoms with Crippen LogP contribution < -0.4 is 15.4 Å². The van der Waals surface area contributed by atoms with E-state index in [0.29, 0.717) is 27.8 Å². The zero-order valence-corrected chi connectivity index (χ0v) is 20.3. The third-order valence-corrected chi connectivity index (χ3v) is 6.77. The summed E-state index contributed by atoms with van der Waals surface area (Å²) < 4.78 is 6.49. The quantitative estimate of drug-likeness (QED) is 0.252. The van der Waals surface area contributed by atoms with Crippen LogP contribution in [0.15, 0.2) is 88.6 Å². The Balaban J connectivity index is 1.22. The summed E-state index contributed by atoms with van der Waals surface area (Å²) in [6, 6.07) is 23.6. The molecule has 0 aliphatic rings. The van der Waals surface area contributed by atoms with Gasteiger partial charge in [0.25, 0.3) is 0 Å². The third-order valence-electron chi connectivity index (χ3n) is 4.44. The summed E-state index contributed by atoms with van der Waals surface area (Å²) in [7, 11) is 0. The van der Waals surface area contributed by atoms with Gasteiger partial charge in [-0.2, -0.15) is 0 Å². The van der Waals surface area contributed by atoms with E-state index in [9.17, 15) is 9.59 Å². The van der Waals surface area contributed by atoms with Gasteiger partial charge in [-0.3, -0.25) is 9.59 Å². The normalized spacial score (nSPS) is 10.5. The first-order valence-electron chi connectivity index (χ1n) is 10.3. The van der Waals surface area contributed by atoms with E-state index in [0.717, 1.165) is 10.1 Å². The molecule has 0 unspecified atom stereocenters. The summed E-state index contributed by atoms with van der Waals surface area (Å²) in [6.45, 7) is 0. The van der Waals surface area contributed by atoms with Gasteiger partial charge in [-0.15, -0.1) is 11.3 Å². The molecule has 0 fully saturated rings. The molecule has 0 saturated carbocycles. The number of anilines is 2.